The highest BCUT2D eigenvalue weighted by Gasteiger charge is 2.35. The summed E-state index contributed by atoms with van der Waals surface area (Å²) in [5.74, 6) is -1.88. The van der Waals surface area contributed by atoms with Crippen molar-refractivity contribution in [3.05, 3.63) is 59.2 Å². The number of alkyl halides is 2. The van der Waals surface area contributed by atoms with Gasteiger partial charge in [0.05, 0.1) is 36.5 Å². The van der Waals surface area contributed by atoms with E-state index in [0.717, 1.165) is 38.1 Å². The van der Waals surface area contributed by atoms with E-state index < -0.39 is 23.3 Å². The van der Waals surface area contributed by atoms with E-state index in [1.54, 1.807) is 6.92 Å². The summed E-state index contributed by atoms with van der Waals surface area (Å²) in [5, 5.41) is 2.09. The highest BCUT2D eigenvalue weighted by Crippen LogP contribution is 2.35. The molecule has 0 spiro atoms. The Bertz CT molecular complexity index is 1220. The molecule has 2 heterocycles. The number of aryl methyl sites for hydroxylation is 1. The fourth-order valence-corrected chi connectivity index (χ4v) is 3.91. The van der Waals surface area contributed by atoms with E-state index in [0.29, 0.717) is 31.8 Å². The summed E-state index contributed by atoms with van der Waals surface area (Å²) in [4.78, 5) is 22.3. The minimum atomic E-state index is -3.79. The molecule has 1 saturated heterocycles. The monoisotopic (exact) mass is 489 g/mol. The zero-order chi connectivity index (χ0) is 25.0. The van der Waals surface area contributed by atoms with Crippen molar-refractivity contribution < 1.29 is 27.4 Å². The van der Waals surface area contributed by atoms with Gasteiger partial charge in [0.25, 0.3) is 5.91 Å². The van der Waals surface area contributed by atoms with E-state index in [2.05, 4.69) is 14.9 Å². The highest BCUT2D eigenvalue weighted by atomic mass is 19.3. The van der Waals surface area contributed by atoms with Gasteiger partial charge in [-0.2, -0.15) is 8.78 Å². The molecule has 1 fully saturated rings. The molecule has 3 N–H and O–H groups in total. The number of benzene rings is 2. The molecule has 0 aliphatic carbocycles. The lowest BCUT2D eigenvalue weighted by atomic mass is 10.1. The largest absolute Gasteiger partial charge is 0.493 e. The van der Waals surface area contributed by atoms with E-state index in [9.17, 15) is 18.0 Å². The Labute approximate surface area is 200 Å². The van der Waals surface area contributed by atoms with Crippen LogP contribution < -0.4 is 15.8 Å². The van der Waals surface area contributed by atoms with Crippen LogP contribution in [-0.2, 0) is 10.8 Å². The van der Waals surface area contributed by atoms with Crippen LogP contribution in [0.25, 0.3) is 10.9 Å². The lowest BCUT2D eigenvalue weighted by molar-refractivity contribution is 0.0243. The van der Waals surface area contributed by atoms with Gasteiger partial charge >= 0.3 is 6.05 Å². The highest BCUT2D eigenvalue weighted by molar-refractivity contribution is 6.07. The van der Waals surface area contributed by atoms with Gasteiger partial charge in [-0.3, -0.25) is 9.69 Å². The number of fused-ring (bicyclic) bond motifs is 1. The van der Waals surface area contributed by atoms with Crippen molar-refractivity contribution in [2.75, 3.05) is 44.8 Å². The van der Waals surface area contributed by atoms with Gasteiger partial charge in [-0.25, -0.2) is 14.4 Å². The van der Waals surface area contributed by atoms with Gasteiger partial charge in [0.15, 0.2) is 0 Å². The van der Waals surface area contributed by atoms with E-state index in [4.69, 9.17) is 15.2 Å². The van der Waals surface area contributed by atoms with Crippen LogP contribution in [0.15, 0.2) is 36.7 Å². The first-order chi connectivity index (χ1) is 16.7. The molecule has 3 aromatic rings. The molecule has 0 saturated carbocycles. The quantitative estimate of drug-likeness (QED) is 0.351. The van der Waals surface area contributed by atoms with Gasteiger partial charge < -0.3 is 20.5 Å². The van der Waals surface area contributed by atoms with E-state index >= 15 is 0 Å². The number of halogens is 3. The van der Waals surface area contributed by atoms with Crippen molar-refractivity contribution in [2.45, 2.75) is 19.4 Å². The lowest BCUT2D eigenvalue weighted by Crippen LogP contribution is -2.37. The zero-order valence-corrected chi connectivity index (χ0v) is 19.2. The number of nitrogens with one attached hydrogen (secondary N) is 1. The van der Waals surface area contributed by atoms with Crippen molar-refractivity contribution in [3.63, 3.8) is 0 Å². The van der Waals surface area contributed by atoms with Crippen molar-refractivity contribution in [3.8, 4) is 5.75 Å². The maximum Gasteiger partial charge on any atom is 0.354 e. The molecular formula is C24H26F3N5O3. The third-order valence-corrected chi connectivity index (χ3v) is 5.71. The minimum Gasteiger partial charge on any atom is -0.493 e. The van der Waals surface area contributed by atoms with Crippen molar-refractivity contribution in [1.82, 2.24) is 14.9 Å². The van der Waals surface area contributed by atoms with Gasteiger partial charge in [0.2, 0.25) is 0 Å². The van der Waals surface area contributed by atoms with Crippen LogP contribution in [0.5, 0.6) is 5.75 Å². The number of primary amides is 1. The first-order valence-corrected chi connectivity index (χ1v) is 11.2. The molecule has 35 heavy (non-hydrogen) atoms. The summed E-state index contributed by atoms with van der Waals surface area (Å²) in [7, 11) is 0. The Morgan fingerprint density at radius 3 is 2.71 bits per heavy atom. The van der Waals surface area contributed by atoms with Gasteiger partial charge in [0, 0.05) is 25.0 Å². The third kappa shape index (κ3) is 5.80. The summed E-state index contributed by atoms with van der Waals surface area (Å²) in [6, 6.07) is 2.52. The van der Waals surface area contributed by atoms with E-state index in [1.165, 1.54) is 18.2 Å². The number of aromatic nitrogens is 2. The molecule has 1 aliphatic heterocycles. The molecule has 1 amide bonds. The molecule has 0 radical (unpaired) electrons. The Morgan fingerprint density at radius 1 is 1.23 bits per heavy atom. The summed E-state index contributed by atoms with van der Waals surface area (Å²) >= 11 is 0. The van der Waals surface area contributed by atoms with Crippen LogP contribution in [-0.4, -0.2) is 60.2 Å². The lowest BCUT2D eigenvalue weighted by Gasteiger charge is -2.26. The second-order valence-electron chi connectivity index (χ2n) is 8.29. The number of ether oxygens (including phenoxy) is 2. The van der Waals surface area contributed by atoms with Crippen molar-refractivity contribution in [1.29, 1.82) is 0 Å². The number of nitrogens with two attached hydrogens (primary N) is 1. The zero-order valence-electron chi connectivity index (χ0n) is 19.2. The average Bonchev–Trinajstić information content (AvgIpc) is 2.82. The maximum atomic E-state index is 15.0. The van der Waals surface area contributed by atoms with Gasteiger partial charge in [-0.15, -0.1) is 0 Å². The van der Waals surface area contributed by atoms with Crippen molar-refractivity contribution in [2.24, 2.45) is 5.73 Å². The molecule has 0 atom stereocenters. The standard InChI is InChI=1S/C24H26F3N5O3/c1-15-3-4-19(20(25)11-15)24(26,27)31-23-18-13-16(12-17(22(28)33)21(18)29-14-30-23)35-8-2-5-32-6-9-34-10-7-32/h3-4,11-14H,2,5-10H2,1H3,(H2,28,33)(H,29,30,31). The fourth-order valence-electron chi connectivity index (χ4n) is 3.91. The molecular weight excluding hydrogens is 463 g/mol. The number of nitrogens with zero attached hydrogens (tertiary/aromatic N) is 3. The Morgan fingerprint density at radius 2 is 2.00 bits per heavy atom. The van der Waals surface area contributed by atoms with Crippen LogP contribution in [0.4, 0.5) is 19.0 Å². The topological polar surface area (TPSA) is 103 Å². The average molecular weight is 489 g/mol. The minimum absolute atomic E-state index is 0.000891. The molecule has 11 heteroatoms. The molecule has 0 unspecified atom stereocenters. The van der Waals surface area contributed by atoms with Crippen LogP contribution in [0.1, 0.15) is 27.9 Å². The SMILES string of the molecule is Cc1ccc(C(F)(F)Nc2ncnc3c(C(N)=O)cc(OCCCN4CCOCC4)cc23)c(F)c1. The molecule has 186 valence electrons. The number of anilines is 1. The first kappa shape index (κ1) is 24.7. The molecule has 2 aromatic carbocycles. The Hall–Kier alpha value is -3.44. The summed E-state index contributed by atoms with van der Waals surface area (Å²) in [5.41, 5.74) is 5.27. The third-order valence-electron chi connectivity index (χ3n) is 5.71. The summed E-state index contributed by atoms with van der Waals surface area (Å²) in [6.45, 7) is 5.84. The predicted molar refractivity (Wildman–Crippen MR) is 124 cm³/mol. The Balaban J connectivity index is 1.59. The maximum absolute atomic E-state index is 15.0. The molecule has 1 aromatic heterocycles. The number of morpholine rings is 1. The van der Waals surface area contributed by atoms with Crippen LogP contribution in [0, 0.1) is 12.7 Å². The van der Waals surface area contributed by atoms with E-state index in [1.807, 2.05) is 5.32 Å². The van der Waals surface area contributed by atoms with Gasteiger partial charge in [-0.05, 0) is 43.2 Å². The normalized spacial score (nSPS) is 14.7. The fraction of sp³-hybridized carbons (Fsp3) is 0.375. The molecule has 8 nitrogen and oxygen atoms in total. The van der Waals surface area contributed by atoms with Crippen LogP contribution in [0.3, 0.4) is 0 Å². The number of hydrogen-bond acceptors (Lipinski definition) is 7. The molecule has 4 rings (SSSR count). The number of carbonyl (C=O) groups is 1. The summed E-state index contributed by atoms with van der Waals surface area (Å²) in [6.07, 6.45) is 1.74. The second kappa shape index (κ2) is 10.4. The van der Waals surface area contributed by atoms with Gasteiger partial charge in [-0.1, -0.05) is 6.07 Å². The second-order valence-corrected chi connectivity index (χ2v) is 8.29. The molecule has 0 bridgehead atoms. The number of amides is 1. The Kier molecular flexibility index (Phi) is 7.37. The number of rotatable bonds is 9. The summed E-state index contributed by atoms with van der Waals surface area (Å²) < 4.78 is 55.4. The van der Waals surface area contributed by atoms with Crippen molar-refractivity contribution >= 4 is 22.6 Å². The van der Waals surface area contributed by atoms with E-state index in [-0.39, 0.29) is 28.0 Å². The molecule has 1 aliphatic rings. The van der Waals surface area contributed by atoms with Crippen LogP contribution in [0.2, 0.25) is 0 Å². The number of hydrogen-bond donors (Lipinski definition) is 2. The number of carbonyl (C=O) groups excluding carboxylic acids is 1. The predicted octanol–water partition coefficient (Wildman–Crippen LogP) is 3.44. The van der Waals surface area contributed by atoms with Gasteiger partial charge in [0.1, 0.15) is 23.7 Å². The van der Waals surface area contributed by atoms with Crippen LogP contribution >= 0.6 is 0 Å². The first-order valence-electron chi connectivity index (χ1n) is 11.2. The smallest absolute Gasteiger partial charge is 0.354 e.